The number of halogens is 2. The molecule has 4 rings (SSSR count). The molecule has 0 bridgehead atoms. The number of benzene rings is 1. The quantitative estimate of drug-likeness (QED) is 0.277. The monoisotopic (exact) mass is 524 g/mol. The number of aliphatic hydroxyl groups excluding tert-OH is 2. The SMILES string of the molecule is NS(=O)(=O)OC[C@H]1C[C@@H](Nc2ncncc2C(=O)c2ccn(Cc3cccc(F)c3F)n2)[C@H](O)[C@@H]1O. The summed E-state index contributed by atoms with van der Waals surface area (Å²) in [6, 6.07) is 4.35. The van der Waals surface area contributed by atoms with Crippen LogP contribution in [0.2, 0.25) is 0 Å². The third kappa shape index (κ3) is 5.71. The van der Waals surface area contributed by atoms with Crippen LogP contribution in [0.5, 0.6) is 0 Å². The number of aliphatic hydroxyl groups is 2. The first-order valence-electron chi connectivity index (χ1n) is 10.6. The average molecular weight is 525 g/mol. The predicted molar refractivity (Wildman–Crippen MR) is 120 cm³/mol. The van der Waals surface area contributed by atoms with Gasteiger partial charge in [-0.1, -0.05) is 12.1 Å². The van der Waals surface area contributed by atoms with Gasteiger partial charge in [-0.3, -0.25) is 13.7 Å². The minimum absolute atomic E-state index is 0.00520. The van der Waals surface area contributed by atoms with Crippen molar-refractivity contribution in [3.05, 3.63) is 71.4 Å². The highest BCUT2D eigenvalue weighted by Crippen LogP contribution is 2.30. The van der Waals surface area contributed by atoms with Crippen LogP contribution in [0.3, 0.4) is 0 Å². The lowest BCUT2D eigenvalue weighted by Crippen LogP contribution is -2.36. The molecule has 15 heteroatoms. The fraction of sp³-hybridized carbons (Fsp3) is 0.333. The second kappa shape index (κ2) is 10.3. The maximum Gasteiger partial charge on any atom is 0.333 e. The third-order valence-corrected chi connectivity index (χ3v) is 6.23. The number of nitrogens with two attached hydrogens (primary N) is 1. The van der Waals surface area contributed by atoms with Crippen molar-refractivity contribution in [2.45, 2.75) is 31.2 Å². The molecule has 1 aromatic carbocycles. The van der Waals surface area contributed by atoms with Crippen molar-refractivity contribution in [3.8, 4) is 0 Å². The largest absolute Gasteiger partial charge is 0.390 e. The van der Waals surface area contributed by atoms with E-state index in [1.54, 1.807) is 0 Å². The Hall–Kier alpha value is -3.37. The number of rotatable bonds is 9. The second-order valence-corrected chi connectivity index (χ2v) is 9.45. The zero-order valence-electron chi connectivity index (χ0n) is 18.5. The first-order valence-corrected chi connectivity index (χ1v) is 12.1. The third-order valence-electron chi connectivity index (χ3n) is 5.76. The van der Waals surface area contributed by atoms with Gasteiger partial charge in [-0.05, 0) is 18.6 Å². The van der Waals surface area contributed by atoms with Crippen LogP contribution in [-0.2, 0) is 21.0 Å². The molecule has 0 unspecified atom stereocenters. The maximum atomic E-state index is 14.0. The van der Waals surface area contributed by atoms with Crippen molar-refractivity contribution >= 4 is 21.9 Å². The normalized spacial score (nSPS) is 22.0. The van der Waals surface area contributed by atoms with E-state index in [0.29, 0.717) is 0 Å². The standard InChI is InChI=1S/C21H22F2N6O6S/c22-14-3-1-2-11(17(14)23)8-29-5-4-15(28-29)19(31)13-7-25-10-26-21(13)27-16-6-12(18(30)20(16)32)9-35-36(24,33)34/h1-5,7,10,12,16,18,20,30,32H,6,8-9H2,(H2,24,33,34)(H,25,26,27)/t12-,16-,18-,20+/m1/s1. The molecule has 1 aliphatic rings. The zero-order valence-corrected chi connectivity index (χ0v) is 19.3. The number of nitrogens with zero attached hydrogens (tertiary/aromatic N) is 4. The van der Waals surface area contributed by atoms with Crippen LogP contribution >= 0.6 is 0 Å². The van der Waals surface area contributed by atoms with Gasteiger partial charge >= 0.3 is 10.3 Å². The van der Waals surface area contributed by atoms with Crippen LogP contribution in [0.15, 0.2) is 43.0 Å². The number of carbonyl (C=O) groups excluding carboxylic acids is 1. The molecule has 4 atom stereocenters. The van der Waals surface area contributed by atoms with E-state index in [9.17, 15) is 32.2 Å². The van der Waals surface area contributed by atoms with Gasteiger partial charge in [0.05, 0.1) is 30.9 Å². The summed E-state index contributed by atoms with van der Waals surface area (Å²) in [5.74, 6) is -3.29. The Morgan fingerprint density at radius 2 is 2.03 bits per heavy atom. The summed E-state index contributed by atoms with van der Waals surface area (Å²) < 4.78 is 55.3. The van der Waals surface area contributed by atoms with Crippen LogP contribution in [0.4, 0.5) is 14.6 Å². The van der Waals surface area contributed by atoms with Crippen LogP contribution in [-0.4, -0.2) is 69.0 Å². The molecule has 0 spiro atoms. The van der Waals surface area contributed by atoms with Gasteiger partial charge in [-0.15, -0.1) is 0 Å². The lowest BCUT2D eigenvalue weighted by molar-refractivity contribution is 0.00778. The molecular weight excluding hydrogens is 502 g/mol. The first-order chi connectivity index (χ1) is 17.0. The molecule has 1 aliphatic carbocycles. The van der Waals surface area contributed by atoms with Crippen molar-refractivity contribution < 1.29 is 36.4 Å². The van der Waals surface area contributed by atoms with Gasteiger partial charge < -0.3 is 15.5 Å². The summed E-state index contributed by atoms with van der Waals surface area (Å²) in [5.41, 5.74) is 0.0407. The van der Waals surface area contributed by atoms with E-state index < -0.39 is 58.5 Å². The lowest BCUT2D eigenvalue weighted by atomic mass is 10.1. The minimum Gasteiger partial charge on any atom is -0.390 e. The number of ketones is 1. The molecule has 192 valence electrons. The summed E-state index contributed by atoms with van der Waals surface area (Å²) in [6.07, 6.45) is 1.29. The van der Waals surface area contributed by atoms with E-state index in [4.69, 9.17) is 5.14 Å². The van der Waals surface area contributed by atoms with Crippen LogP contribution in [0.25, 0.3) is 0 Å². The second-order valence-electron chi connectivity index (χ2n) is 8.23. The summed E-state index contributed by atoms with van der Waals surface area (Å²) in [4.78, 5) is 21.0. The summed E-state index contributed by atoms with van der Waals surface area (Å²) in [5, 5.41) is 32.5. The van der Waals surface area contributed by atoms with Gasteiger partial charge in [0.2, 0.25) is 5.78 Å². The number of hydrogen-bond acceptors (Lipinski definition) is 10. The Balaban J connectivity index is 1.49. The van der Waals surface area contributed by atoms with E-state index >= 15 is 0 Å². The fourth-order valence-electron chi connectivity index (χ4n) is 3.96. The Labute approximate surface area is 204 Å². The maximum absolute atomic E-state index is 14.0. The Morgan fingerprint density at radius 1 is 1.25 bits per heavy atom. The Bertz CT molecular complexity index is 1370. The van der Waals surface area contributed by atoms with Gasteiger partial charge in [0.1, 0.15) is 23.9 Å². The van der Waals surface area contributed by atoms with Gasteiger partial charge in [0.15, 0.2) is 11.6 Å². The van der Waals surface area contributed by atoms with E-state index in [2.05, 4.69) is 24.6 Å². The highest BCUT2D eigenvalue weighted by Gasteiger charge is 2.42. The van der Waals surface area contributed by atoms with Crippen molar-refractivity contribution in [3.63, 3.8) is 0 Å². The highest BCUT2D eigenvalue weighted by atomic mass is 32.2. The predicted octanol–water partition coefficient (Wildman–Crippen LogP) is -0.0271. The van der Waals surface area contributed by atoms with Gasteiger partial charge in [-0.25, -0.2) is 23.9 Å². The smallest absolute Gasteiger partial charge is 0.333 e. The molecule has 2 heterocycles. The molecule has 1 fully saturated rings. The van der Waals surface area contributed by atoms with Crippen molar-refractivity contribution in [1.82, 2.24) is 19.7 Å². The molecule has 0 saturated heterocycles. The van der Waals surface area contributed by atoms with Crippen LogP contribution in [0.1, 0.15) is 28.0 Å². The van der Waals surface area contributed by atoms with E-state index in [1.165, 1.54) is 41.6 Å². The van der Waals surface area contributed by atoms with Gasteiger partial charge in [0, 0.05) is 23.9 Å². The summed E-state index contributed by atoms with van der Waals surface area (Å²) in [6.45, 7) is -0.546. The molecule has 5 N–H and O–H groups in total. The van der Waals surface area contributed by atoms with Gasteiger partial charge in [0.25, 0.3) is 0 Å². The van der Waals surface area contributed by atoms with E-state index in [-0.39, 0.29) is 35.6 Å². The average Bonchev–Trinajstić information content (AvgIpc) is 3.40. The van der Waals surface area contributed by atoms with E-state index in [0.717, 1.165) is 6.07 Å². The highest BCUT2D eigenvalue weighted by molar-refractivity contribution is 7.84. The van der Waals surface area contributed by atoms with E-state index in [1.807, 2.05) is 0 Å². The summed E-state index contributed by atoms with van der Waals surface area (Å²) >= 11 is 0. The minimum atomic E-state index is -4.23. The summed E-state index contributed by atoms with van der Waals surface area (Å²) in [7, 11) is -4.23. The molecule has 3 aromatic rings. The molecule has 0 radical (unpaired) electrons. The Morgan fingerprint density at radius 3 is 2.78 bits per heavy atom. The first kappa shape index (κ1) is 25.7. The number of carbonyl (C=O) groups is 1. The molecule has 2 aromatic heterocycles. The number of anilines is 1. The number of nitrogens with one attached hydrogen (secondary N) is 1. The molecule has 1 saturated carbocycles. The van der Waals surface area contributed by atoms with Crippen molar-refractivity contribution in [2.75, 3.05) is 11.9 Å². The molecule has 0 aliphatic heterocycles. The molecule has 12 nitrogen and oxygen atoms in total. The lowest BCUT2D eigenvalue weighted by Gasteiger charge is -2.19. The van der Waals surface area contributed by atoms with Gasteiger partial charge in [-0.2, -0.15) is 13.5 Å². The molecular formula is C21H22F2N6O6S. The van der Waals surface area contributed by atoms with Crippen LogP contribution in [0, 0.1) is 17.6 Å². The zero-order chi connectivity index (χ0) is 26.0. The Kier molecular flexibility index (Phi) is 7.37. The molecule has 0 amide bonds. The number of hydrogen-bond donors (Lipinski definition) is 4. The molecule has 36 heavy (non-hydrogen) atoms. The topological polar surface area (TPSA) is 183 Å². The fourth-order valence-corrected chi connectivity index (χ4v) is 4.32. The number of aromatic nitrogens is 4. The van der Waals surface area contributed by atoms with Crippen molar-refractivity contribution in [2.24, 2.45) is 11.1 Å². The van der Waals surface area contributed by atoms with Crippen molar-refractivity contribution in [1.29, 1.82) is 0 Å². The van der Waals surface area contributed by atoms with Crippen LogP contribution < -0.4 is 10.5 Å².